The van der Waals surface area contributed by atoms with Gasteiger partial charge in [0.1, 0.15) is 10.7 Å². The third kappa shape index (κ3) is 4.31. The molecule has 0 radical (unpaired) electrons. The molecule has 7 heteroatoms. The first-order chi connectivity index (χ1) is 9.92. The number of halogens is 1. The van der Waals surface area contributed by atoms with Crippen molar-refractivity contribution in [3.8, 4) is 0 Å². The molecule has 0 spiro atoms. The SMILES string of the molecule is CCNc1ncc(S(=O)(=O)NCC2CCC(C)C2)cc1Cl. The third-order valence-electron chi connectivity index (χ3n) is 3.84. The van der Waals surface area contributed by atoms with Crippen LogP contribution in [0.4, 0.5) is 5.82 Å². The van der Waals surface area contributed by atoms with Crippen LogP contribution in [0.2, 0.25) is 5.02 Å². The van der Waals surface area contributed by atoms with E-state index in [-0.39, 0.29) is 4.90 Å². The molecule has 0 amide bonds. The Labute approximate surface area is 131 Å². The Hall–Kier alpha value is -0.850. The van der Waals surface area contributed by atoms with Gasteiger partial charge in [-0.1, -0.05) is 24.9 Å². The highest BCUT2D eigenvalue weighted by Gasteiger charge is 2.24. The Bertz CT molecular complexity index is 592. The number of hydrogen-bond acceptors (Lipinski definition) is 4. The summed E-state index contributed by atoms with van der Waals surface area (Å²) in [4.78, 5) is 4.18. The van der Waals surface area contributed by atoms with Crippen LogP contribution >= 0.6 is 11.6 Å². The zero-order valence-corrected chi connectivity index (χ0v) is 14.0. The van der Waals surface area contributed by atoms with Crippen LogP contribution in [0, 0.1) is 11.8 Å². The number of pyridine rings is 1. The Morgan fingerprint density at radius 2 is 2.19 bits per heavy atom. The second-order valence-corrected chi connectivity index (χ2v) is 7.84. The number of rotatable bonds is 6. The second kappa shape index (κ2) is 6.94. The van der Waals surface area contributed by atoms with E-state index in [4.69, 9.17) is 11.6 Å². The highest BCUT2D eigenvalue weighted by atomic mass is 35.5. The van der Waals surface area contributed by atoms with Crippen LogP contribution in [0.1, 0.15) is 33.1 Å². The van der Waals surface area contributed by atoms with Gasteiger partial charge in [0.2, 0.25) is 10.0 Å². The van der Waals surface area contributed by atoms with E-state index in [0.29, 0.717) is 35.8 Å². The first kappa shape index (κ1) is 16.5. The molecule has 1 heterocycles. The first-order valence-corrected chi connectivity index (χ1v) is 9.17. The molecular formula is C14H22ClN3O2S. The molecular weight excluding hydrogens is 310 g/mol. The molecule has 1 aliphatic rings. The molecule has 1 saturated carbocycles. The molecule has 1 aromatic heterocycles. The van der Waals surface area contributed by atoms with Gasteiger partial charge in [-0.05, 0) is 37.7 Å². The smallest absolute Gasteiger partial charge is 0.242 e. The third-order valence-corrected chi connectivity index (χ3v) is 5.51. The van der Waals surface area contributed by atoms with Gasteiger partial charge in [-0.15, -0.1) is 0 Å². The van der Waals surface area contributed by atoms with Crippen molar-refractivity contribution < 1.29 is 8.42 Å². The minimum absolute atomic E-state index is 0.111. The lowest BCUT2D eigenvalue weighted by atomic mass is 10.1. The zero-order chi connectivity index (χ0) is 15.5. The molecule has 1 aliphatic carbocycles. The van der Waals surface area contributed by atoms with E-state index in [0.717, 1.165) is 12.8 Å². The maximum atomic E-state index is 12.3. The molecule has 1 aromatic rings. The maximum absolute atomic E-state index is 12.3. The molecule has 5 nitrogen and oxygen atoms in total. The summed E-state index contributed by atoms with van der Waals surface area (Å²) < 4.78 is 27.2. The quantitative estimate of drug-likeness (QED) is 0.840. The molecule has 21 heavy (non-hydrogen) atoms. The lowest BCUT2D eigenvalue weighted by Crippen LogP contribution is -2.28. The van der Waals surface area contributed by atoms with Crippen LogP contribution in [-0.2, 0) is 10.0 Å². The minimum atomic E-state index is -3.54. The van der Waals surface area contributed by atoms with Crippen LogP contribution < -0.4 is 10.0 Å². The molecule has 0 aromatic carbocycles. The highest BCUT2D eigenvalue weighted by molar-refractivity contribution is 7.89. The van der Waals surface area contributed by atoms with Crippen LogP contribution in [0.5, 0.6) is 0 Å². The average Bonchev–Trinajstić information content (AvgIpc) is 2.85. The van der Waals surface area contributed by atoms with Crippen LogP contribution in [0.25, 0.3) is 0 Å². The summed E-state index contributed by atoms with van der Waals surface area (Å²) in [6.45, 7) is 5.29. The fraction of sp³-hybridized carbons (Fsp3) is 0.643. The van der Waals surface area contributed by atoms with E-state index < -0.39 is 10.0 Å². The normalized spacial score (nSPS) is 22.4. The van der Waals surface area contributed by atoms with Gasteiger partial charge in [-0.2, -0.15) is 0 Å². The van der Waals surface area contributed by atoms with Crippen molar-refractivity contribution in [2.75, 3.05) is 18.4 Å². The minimum Gasteiger partial charge on any atom is -0.369 e. The Morgan fingerprint density at radius 3 is 2.76 bits per heavy atom. The van der Waals surface area contributed by atoms with Crippen molar-refractivity contribution in [1.29, 1.82) is 0 Å². The summed E-state index contributed by atoms with van der Waals surface area (Å²) in [5.41, 5.74) is 0. The molecule has 2 rings (SSSR count). The van der Waals surface area contributed by atoms with E-state index in [1.165, 1.54) is 18.7 Å². The summed E-state index contributed by atoms with van der Waals surface area (Å²) in [6.07, 6.45) is 4.68. The number of sulfonamides is 1. The summed E-state index contributed by atoms with van der Waals surface area (Å²) in [7, 11) is -3.54. The molecule has 0 saturated heterocycles. The zero-order valence-electron chi connectivity index (χ0n) is 12.4. The van der Waals surface area contributed by atoms with Gasteiger partial charge in [-0.25, -0.2) is 18.1 Å². The van der Waals surface area contributed by atoms with E-state index >= 15 is 0 Å². The molecule has 0 bridgehead atoms. The summed E-state index contributed by atoms with van der Waals surface area (Å²) in [5.74, 6) is 1.62. The van der Waals surface area contributed by atoms with Crippen molar-refractivity contribution in [3.63, 3.8) is 0 Å². The van der Waals surface area contributed by atoms with E-state index in [1.54, 1.807) is 0 Å². The standard InChI is InChI=1S/C14H22ClN3O2S/c1-3-16-14-13(15)7-12(9-17-14)21(19,20)18-8-11-5-4-10(2)6-11/h7,9-11,18H,3-6,8H2,1-2H3,(H,16,17). The lowest BCUT2D eigenvalue weighted by Gasteiger charge is -2.12. The Morgan fingerprint density at radius 1 is 1.43 bits per heavy atom. The topological polar surface area (TPSA) is 71.1 Å². The van der Waals surface area contributed by atoms with Gasteiger partial charge in [0, 0.05) is 19.3 Å². The van der Waals surface area contributed by atoms with Gasteiger partial charge < -0.3 is 5.32 Å². The largest absolute Gasteiger partial charge is 0.369 e. The number of nitrogens with zero attached hydrogens (tertiary/aromatic N) is 1. The summed E-state index contributed by atoms with van der Waals surface area (Å²) in [6, 6.07) is 1.44. The van der Waals surface area contributed by atoms with Crippen molar-refractivity contribution in [2.24, 2.45) is 11.8 Å². The monoisotopic (exact) mass is 331 g/mol. The van der Waals surface area contributed by atoms with Gasteiger partial charge in [-0.3, -0.25) is 0 Å². The second-order valence-electron chi connectivity index (χ2n) is 5.67. The summed E-state index contributed by atoms with van der Waals surface area (Å²) >= 11 is 6.04. The molecule has 2 N–H and O–H groups in total. The molecule has 2 atom stereocenters. The van der Waals surface area contributed by atoms with Crippen LogP contribution in [0.15, 0.2) is 17.2 Å². The van der Waals surface area contributed by atoms with Crippen molar-refractivity contribution in [1.82, 2.24) is 9.71 Å². The van der Waals surface area contributed by atoms with Crippen molar-refractivity contribution in [2.45, 2.75) is 38.0 Å². The Balaban J connectivity index is 2.03. The number of anilines is 1. The van der Waals surface area contributed by atoms with E-state index in [1.807, 2.05) is 6.92 Å². The predicted molar refractivity (Wildman–Crippen MR) is 85.1 cm³/mol. The number of aromatic nitrogens is 1. The predicted octanol–water partition coefficient (Wildman–Crippen LogP) is 2.88. The molecule has 0 aliphatic heterocycles. The number of nitrogens with one attached hydrogen (secondary N) is 2. The van der Waals surface area contributed by atoms with Crippen LogP contribution in [0.3, 0.4) is 0 Å². The van der Waals surface area contributed by atoms with Crippen molar-refractivity contribution in [3.05, 3.63) is 17.3 Å². The van der Waals surface area contributed by atoms with Crippen LogP contribution in [-0.4, -0.2) is 26.5 Å². The Kier molecular flexibility index (Phi) is 5.46. The molecule has 2 unspecified atom stereocenters. The summed E-state index contributed by atoms with van der Waals surface area (Å²) in [5, 5.41) is 3.29. The maximum Gasteiger partial charge on any atom is 0.242 e. The van der Waals surface area contributed by atoms with Gasteiger partial charge in [0.05, 0.1) is 5.02 Å². The van der Waals surface area contributed by atoms with Gasteiger partial charge >= 0.3 is 0 Å². The van der Waals surface area contributed by atoms with Gasteiger partial charge in [0.15, 0.2) is 0 Å². The molecule has 1 fully saturated rings. The first-order valence-electron chi connectivity index (χ1n) is 7.31. The number of hydrogen-bond donors (Lipinski definition) is 2. The fourth-order valence-corrected chi connectivity index (χ4v) is 4.07. The van der Waals surface area contributed by atoms with E-state index in [2.05, 4.69) is 21.9 Å². The lowest BCUT2D eigenvalue weighted by molar-refractivity contribution is 0.498. The highest BCUT2D eigenvalue weighted by Crippen LogP contribution is 2.30. The fourth-order valence-electron chi connectivity index (χ4n) is 2.69. The van der Waals surface area contributed by atoms with Gasteiger partial charge in [0.25, 0.3) is 0 Å². The molecule has 118 valence electrons. The average molecular weight is 332 g/mol. The van der Waals surface area contributed by atoms with Crippen molar-refractivity contribution >= 4 is 27.4 Å². The van der Waals surface area contributed by atoms with E-state index in [9.17, 15) is 8.42 Å².